The Morgan fingerprint density at radius 3 is 2.75 bits per heavy atom. The molecule has 0 aromatic rings. The lowest BCUT2D eigenvalue weighted by molar-refractivity contribution is 0.149. The molecule has 2 rings (SSSR count). The summed E-state index contributed by atoms with van der Waals surface area (Å²) in [5.41, 5.74) is 6.24. The first kappa shape index (κ1) is 12.7. The van der Waals surface area contributed by atoms with Gasteiger partial charge in [-0.05, 0) is 25.7 Å². The molecule has 0 amide bonds. The van der Waals surface area contributed by atoms with Crippen molar-refractivity contribution in [2.75, 3.05) is 18.8 Å². The maximum absolute atomic E-state index is 6.24. The summed E-state index contributed by atoms with van der Waals surface area (Å²) in [6.07, 6.45) is 5.34. The number of thioether (sulfide) groups is 1. The maximum Gasteiger partial charge on any atom is 0.0184 e. The van der Waals surface area contributed by atoms with Gasteiger partial charge in [0.2, 0.25) is 0 Å². The SMILES string of the molecule is CC1SCCN(CC2CCCCC2N)C1C. The van der Waals surface area contributed by atoms with Gasteiger partial charge in [-0.2, -0.15) is 11.8 Å². The summed E-state index contributed by atoms with van der Waals surface area (Å²) >= 11 is 2.12. The minimum absolute atomic E-state index is 0.464. The Labute approximate surface area is 104 Å². The minimum Gasteiger partial charge on any atom is -0.327 e. The Balaban J connectivity index is 1.87. The van der Waals surface area contributed by atoms with Gasteiger partial charge in [0.15, 0.2) is 0 Å². The van der Waals surface area contributed by atoms with Crippen LogP contribution in [-0.4, -0.2) is 41.1 Å². The molecule has 2 nitrogen and oxygen atoms in total. The molecule has 1 saturated heterocycles. The van der Waals surface area contributed by atoms with E-state index in [9.17, 15) is 0 Å². The van der Waals surface area contributed by atoms with Gasteiger partial charge in [-0.1, -0.05) is 19.8 Å². The number of hydrogen-bond acceptors (Lipinski definition) is 3. The molecular formula is C13H26N2S. The van der Waals surface area contributed by atoms with Gasteiger partial charge in [0, 0.05) is 36.2 Å². The van der Waals surface area contributed by atoms with Gasteiger partial charge in [-0.15, -0.1) is 0 Å². The molecular weight excluding hydrogens is 216 g/mol. The molecule has 1 aliphatic carbocycles. The van der Waals surface area contributed by atoms with E-state index in [1.165, 1.54) is 44.5 Å². The normalized spacial score (nSPS) is 42.2. The quantitative estimate of drug-likeness (QED) is 0.806. The van der Waals surface area contributed by atoms with Crippen LogP contribution in [0.5, 0.6) is 0 Å². The molecule has 4 atom stereocenters. The Morgan fingerprint density at radius 2 is 2.00 bits per heavy atom. The van der Waals surface area contributed by atoms with Crippen LogP contribution in [-0.2, 0) is 0 Å². The molecule has 0 bridgehead atoms. The Hall–Kier alpha value is 0.270. The van der Waals surface area contributed by atoms with Crippen molar-refractivity contribution in [2.45, 2.75) is 56.9 Å². The highest BCUT2D eigenvalue weighted by atomic mass is 32.2. The fraction of sp³-hybridized carbons (Fsp3) is 1.00. The smallest absolute Gasteiger partial charge is 0.0184 e. The molecule has 4 unspecified atom stereocenters. The lowest BCUT2D eigenvalue weighted by Gasteiger charge is -2.41. The zero-order valence-electron chi connectivity index (χ0n) is 10.7. The van der Waals surface area contributed by atoms with E-state index in [0.717, 1.165) is 17.2 Å². The van der Waals surface area contributed by atoms with Crippen LogP contribution in [0.3, 0.4) is 0 Å². The van der Waals surface area contributed by atoms with Crippen LogP contribution in [0.1, 0.15) is 39.5 Å². The summed E-state index contributed by atoms with van der Waals surface area (Å²) in [6, 6.07) is 1.19. The second kappa shape index (κ2) is 5.74. The Bertz CT molecular complexity index is 222. The third-order valence-electron chi connectivity index (χ3n) is 4.45. The number of hydrogen-bond donors (Lipinski definition) is 1. The summed E-state index contributed by atoms with van der Waals surface area (Å²) in [6.45, 7) is 7.25. The predicted octanol–water partition coefficient (Wildman–Crippen LogP) is 2.33. The van der Waals surface area contributed by atoms with E-state index in [1.807, 2.05) is 0 Å². The van der Waals surface area contributed by atoms with Gasteiger partial charge in [0.05, 0.1) is 0 Å². The lowest BCUT2D eigenvalue weighted by atomic mass is 9.84. The van der Waals surface area contributed by atoms with Crippen LogP contribution >= 0.6 is 11.8 Å². The maximum atomic E-state index is 6.24. The van der Waals surface area contributed by atoms with Gasteiger partial charge in [-0.25, -0.2) is 0 Å². The summed E-state index contributed by atoms with van der Waals surface area (Å²) in [4.78, 5) is 2.68. The highest BCUT2D eigenvalue weighted by molar-refractivity contribution is 8.00. The van der Waals surface area contributed by atoms with Crippen molar-refractivity contribution in [1.29, 1.82) is 0 Å². The van der Waals surface area contributed by atoms with E-state index >= 15 is 0 Å². The third-order valence-corrected chi connectivity index (χ3v) is 5.79. The van der Waals surface area contributed by atoms with Gasteiger partial charge in [-0.3, -0.25) is 4.90 Å². The van der Waals surface area contributed by atoms with Crippen molar-refractivity contribution < 1.29 is 0 Å². The van der Waals surface area contributed by atoms with Crippen molar-refractivity contribution in [2.24, 2.45) is 11.7 Å². The van der Waals surface area contributed by atoms with Crippen LogP contribution in [0.15, 0.2) is 0 Å². The number of nitrogens with two attached hydrogens (primary N) is 1. The standard InChI is InChI=1S/C13H26N2S/c1-10-11(2)16-8-7-15(10)9-12-5-3-4-6-13(12)14/h10-13H,3-9,14H2,1-2H3. The number of rotatable bonds is 2. The average molecular weight is 242 g/mol. The zero-order chi connectivity index (χ0) is 11.5. The molecule has 3 heteroatoms. The van der Waals surface area contributed by atoms with E-state index in [1.54, 1.807) is 0 Å². The fourth-order valence-electron chi connectivity index (χ4n) is 3.02. The molecule has 2 aliphatic rings. The number of nitrogens with zero attached hydrogens (tertiary/aromatic N) is 1. The summed E-state index contributed by atoms with van der Waals surface area (Å²) in [7, 11) is 0. The molecule has 0 aromatic heterocycles. The second-order valence-electron chi connectivity index (χ2n) is 5.52. The van der Waals surface area contributed by atoms with Gasteiger partial charge < -0.3 is 5.73 Å². The van der Waals surface area contributed by atoms with Crippen LogP contribution in [0, 0.1) is 5.92 Å². The minimum atomic E-state index is 0.464. The summed E-state index contributed by atoms with van der Waals surface area (Å²) < 4.78 is 0. The Kier molecular flexibility index (Phi) is 4.57. The first-order valence-corrected chi connectivity index (χ1v) is 7.84. The molecule has 0 aromatic carbocycles. The van der Waals surface area contributed by atoms with Gasteiger partial charge >= 0.3 is 0 Å². The van der Waals surface area contributed by atoms with Crippen molar-refractivity contribution in [1.82, 2.24) is 4.90 Å². The summed E-state index contributed by atoms with van der Waals surface area (Å²) in [5, 5.41) is 0.786. The van der Waals surface area contributed by atoms with E-state index in [4.69, 9.17) is 5.73 Å². The Morgan fingerprint density at radius 1 is 1.25 bits per heavy atom. The molecule has 16 heavy (non-hydrogen) atoms. The molecule has 2 fully saturated rings. The molecule has 0 spiro atoms. The topological polar surface area (TPSA) is 29.3 Å². The van der Waals surface area contributed by atoms with Crippen molar-refractivity contribution in [3.8, 4) is 0 Å². The molecule has 94 valence electrons. The van der Waals surface area contributed by atoms with Crippen molar-refractivity contribution in [3.63, 3.8) is 0 Å². The molecule has 2 N–H and O–H groups in total. The van der Waals surface area contributed by atoms with Crippen LogP contribution in [0.4, 0.5) is 0 Å². The largest absolute Gasteiger partial charge is 0.327 e. The first-order valence-electron chi connectivity index (χ1n) is 6.79. The van der Waals surface area contributed by atoms with E-state index in [2.05, 4.69) is 30.5 Å². The van der Waals surface area contributed by atoms with Crippen LogP contribution < -0.4 is 5.73 Å². The van der Waals surface area contributed by atoms with Crippen LogP contribution in [0.2, 0.25) is 0 Å². The lowest BCUT2D eigenvalue weighted by Crippen LogP contribution is -2.49. The monoisotopic (exact) mass is 242 g/mol. The molecule has 0 radical (unpaired) electrons. The van der Waals surface area contributed by atoms with E-state index < -0.39 is 0 Å². The van der Waals surface area contributed by atoms with Gasteiger partial charge in [0.1, 0.15) is 0 Å². The fourth-order valence-corrected chi connectivity index (χ4v) is 4.18. The molecule has 1 saturated carbocycles. The van der Waals surface area contributed by atoms with Gasteiger partial charge in [0.25, 0.3) is 0 Å². The third kappa shape index (κ3) is 2.93. The highest BCUT2D eigenvalue weighted by Gasteiger charge is 2.30. The molecule has 1 aliphatic heterocycles. The average Bonchev–Trinajstić information content (AvgIpc) is 2.28. The van der Waals surface area contributed by atoms with E-state index in [-0.39, 0.29) is 0 Å². The zero-order valence-corrected chi connectivity index (χ0v) is 11.5. The van der Waals surface area contributed by atoms with Crippen molar-refractivity contribution >= 4 is 11.8 Å². The second-order valence-corrected chi connectivity index (χ2v) is 7.00. The predicted molar refractivity (Wildman–Crippen MR) is 72.9 cm³/mol. The van der Waals surface area contributed by atoms with Crippen LogP contribution in [0.25, 0.3) is 0 Å². The molecule has 1 heterocycles. The first-order chi connectivity index (χ1) is 7.68. The van der Waals surface area contributed by atoms with Crippen molar-refractivity contribution in [3.05, 3.63) is 0 Å². The highest BCUT2D eigenvalue weighted by Crippen LogP contribution is 2.28. The van der Waals surface area contributed by atoms with E-state index in [0.29, 0.717) is 6.04 Å². The summed E-state index contributed by atoms with van der Waals surface area (Å²) in [5.74, 6) is 2.06.